The maximum atomic E-state index is 12.9. The molecule has 8 heteroatoms. The van der Waals surface area contributed by atoms with Crippen molar-refractivity contribution in [3.63, 3.8) is 0 Å². The highest BCUT2D eigenvalue weighted by molar-refractivity contribution is 5.98. The first-order valence-electron chi connectivity index (χ1n) is 5.31. The van der Waals surface area contributed by atoms with Crippen LogP contribution in [0, 0.1) is 0 Å². The molecule has 0 aliphatic heterocycles. The molecule has 1 atom stereocenters. The Morgan fingerprint density at radius 1 is 1.20 bits per heavy atom. The average molecular weight is 296 g/mol. The van der Waals surface area contributed by atoms with Crippen LogP contribution >= 0.6 is 0 Å². The highest BCUT2D eigenvalue weighted by Gasteiger charge is 2.62. The number of benzene rings is 1. The minimum atomic E-state index is -5.84. The van der Waals surface area contributed by atoms with E-state index in [1.165, 1.54) is 18.2 Å². The molecular weight excluding hydrogens is 287 g/mol. The molecule has 1 aromatic rings. The number of carbonyl (C=O) groups is 2. The van der Waals surface area contributed by atoms with Gasteiger partial charge in [0.15, 0.2) is 12.4 Å². The molecule has 0 fully saturated rings. The van der Waals surface area contributed by atoms with Crippen molar-refractivity contribution in [3.05, 3.63) is 35.4 Å². The third-order valence-electron chi connectivity index (χ3n) is 2.48. The molecule has 0 aliphatic carbocycles. The Morgan fingerprint density at radius 2 is 1.75 bits per heavy atom. The van der Waals surface area contributed by atoms with Crippen molar-refractivity contribution >= 4 is 12.3 Å². The van der Waals surface area contributed by atoms with Gasteiger partial charge in [-0.2, -0.15) is 22.0 Å². The molecule has 0 saturated carbocycles. The molecule has 110 valence electrons. The summed E-state index contributed by atoms with van der Waals surface area (Å²) < 4.78 is 66.2. The van der Waals surface area contributed by atoms with Crippen molar-refractivity contribution in [2.24, 2.45) is 0 Å². The molecule has 0 radical (unpaired) electrons. The van der Waals surface area contributed by atoms with E-state index < -0.39 is 24.2 Å². The highest BCUT2D eigenvalue weighted by atomic mass is 19.4. The molecule has 0 bridgehead atoms. The SMILES string of the molecule is CC(OC(=O)c1ccccc1C=O)C(F)(F)C(F)(F)F. The largest absolute Gasteiger partial charge is 0.457 e. The second-order valence-corrected chi connectivity index (χ2v) is 3.87. The van der Waals surface area contributed by atoms with Gasteiger partial charge in [-0.3, -0.25) is 4.79 Å². The van der Waals surface area contributed by atoms with Crippen LogP contribution in [0.15, 0.2) is 24.3 Å². The van der Waals surface area contributed by atoms with Gasteiger partial charge in [-0.05, 0) is 13.0 Å². The summed E-state index contributed by atoms with van der Waals surface area (Å²) in [5, 5.41) is 0. The van der Waals surface area contributed by atoms with Crippen LogP contribution < -0.4 is 0 Å². The van der Waals surface area contributed by atoms with Crippen molar-refractivity contribution in [3.8, 4) is 0 Å². The van der Waals surface area contributed by atoms with Crippen LogP contribution in [0.5, 0.6) is 0 Å². The van der Waals surface area contributed by atoms with E-state index in [1.807, 2.05) is 0 Å². The van der Waals surface area contributed by atoms with Crippen LogP contribution in [-0.4, -0.2) is 30.5 Å². The second kappa shape index (κ2) is 5.56. The van der Waals surface area contributed by atoms with E-state index in [1.54, 1.807) is 0 Å². The molecule has 0 aromatic heterocycles. The van der Waals surface area contributed by atoms with Gasteiger partial charge in [-0.25, -0.2) is 4.79 Å². The number of rotatable bonds is 4. The van der Waals surface area contributed by atoms with Crippen LogP contribution in [-0.2, 0) is 4.74 Å². The first-order valence-corrected chi connectivity index (χ1v) is 5.31. The molecule has 0 saturated heterocycles. The Kier molecular flexibility index (Phi) is 4.46. The Bertz CT molecular complexity index is 510. The van der Waals surface area contributed by atoms with Crippen LogP contribution in [0.1, 0.15) is 27.6 Å². The summed E-state index contributed by atoms with van der Waals surface area (Å²) in [6.07, 6.45) is -8.28. The van der Waals surface area contributed by atoms with Gasteiger partial charge >= 0.3 is 18.1 Å². The molecular formula is C12H9F5O3. The number of alkyl halides is 5. The van der Waals surface area contributed by atoms with Gasteiger partial charge in [0.1, 0.15) is 0 Å². The zero-order valence-electron chi connectivity index (χ0n) is 10.1. The van der Waals surface area contributed by atoms with Gasteiger partial charge in [0, 0.05) is 5.56 Å². The van der Waals surface area contributed by atoms with Gasteiger partial charge in [-0.15, -0.1) is 0 Å². The quantitative estimate of drug-likeness (QED) is 0.486. The molecule has 0 N–H and O–H groups in total. The predicted molar refractivity (Wildman–Crippen MR) is 57.7 cm³/mol. The molecule has 0 spiro atoms. The maximum absolute atomic E-state index is 12.9. The normalized spacial score (nSPS) is 13.7. The number of carbonyl (C=O) groups excluding carboxylic acids is 2. The summed E-state index contributed by atoms with van der Waals surface area (Å²) in [5.41, 5.74) is -0.549. The highest BCUT2D eigenvalue weighted by Crippen LogP contribution is 2.39. The molecule has 0 heterocycles. The topological polar surface area (TPSA) is 43.4 Å². The van der Waals surface area contributed by atoms with Crippen molar-refractivity contribution in [2.75, 3.05) is 0 Å². The Hall–Kier alpha value is -1.99. The van der Waals surface area contributed by atoms with Crippen molar-refractivity contribution in [1.29, 1.82) is 0 Å². The number of aldehydes is 1. The Morgan fingerprint density at radius 3 is 2.25 bits per heavy atom. The molecule has 3 nitrogen and oxygen atoms in total. The van der Waals surface area contributed by atoms with Crippen molar-refractivity contribution in [2.45, 2.75) is 25.1 Å². The maximum Gasteiger partial charge on any atom is 0.457 e. The van der Waals surface area contributed by atoms with Crippen LogP contribution in [0.3, 0.4) is 0 Å². The summed E-state index contributed by atoms with van der Waals surface area (Å²) >= 11 is 0. The van der Waals surface area contributed by atoms with E-state index in [4.69, 9.17) is 0 Å². The fourth-order valence-corrected chi connectivity index (χ4v) is 1.31. The number of esters is 1. The lowest BCUT2D eigenvalue weighted by Crippen LogP contribution is -2.47. The first-order chi connectivity index (χ1) is 9.11. The third-order valence-corrected chi connectivity index (χ3v) is 2.48. The van der Waals surface area contributed by atoms with Crippen molar-refractivity contribution in [1.82, 2.24) is 0 Å². The fraction of sp³-hybridized carbons (Fsp3) is 0.333. The lowest BCUT2D eigenvalue weighted by Gasteiger charge is -2.25. The third kappa shape index (κ3) is 3.12. The minimum absolute atomic E-state index is 0.167. The molecule has 1 aromatic carbocycles. The molecule has 0 amide bonds. The van der Waals surface area contributed by atoms with E-state index in [9.17, 15) is 31.5 Å². The van der Waals surface area contributed by atoms with Gasteiger partial charge in [-0.1, -0.05) is 18.2 Å². The smallest absolute Gasteiger partial charge is 0.452 e. The molecule has 0 aliphatic rings. The van der Waals surface area contributed by atoms with Crippen LogP contribution in [0.2, 0.25) is 0 Å². The van der Waals surface area contributed by atoms with Gasteiger partial charge in [0.2, 0.25) is 0 Å². The van der Waals surface area contributed by atoms with E-state index in [0.717, 1.165) is 6.07 Å². The van der Waals surface area contributed by atoms with Gasteiger partial charge in [0.25, 0.3) is 0 Å². The van der Waals surface area contributed by atoms with Crippen molar-refractivity contribution < 1.29 is 36.3 Å². The van der Waals surface area contributed by atoms with E-state index >= 15 is 0 Å². The van der Waals surface area contributed by atoms with E-state index in [0.29, 0.717) is 6.92 Å². The number of halogens is 5. The van der Waals surface area contributed by atoms with Crippen LogP contribution in [0.4, 0.5) is 22.0 Å². The summed E-state index contributed by atoms with van der Waals surface area (Å²) in [4.78, 5) is 22.2. The Balaban J connectivity index is 2.94. The number of ether oxygens (including phenoxy) is 1. The minimum Gasteiger partial charge on any atom is -0.452 e. The summed E-state index contributed by atoms with van der Waals surface area (Å²) in [6, 6.07) is 5.01. The first kappa shape index (κ1) is 16.1. The van der Waals surface area contributed by atoms with E-state index in [2.05, 4.69) is 4.74 Å². The summed E-state index contributed by atoms with van der Waals surface area (Å²) in [5.74, 6) is -6.61. The fourth-order valence-electron chi connectivity index (χ4n) is 1.31. The zero-order chi connectivity index (χ0) is 15.6. The second-order valence-electron chi connectivity index (χ2n) is 3.87. The summed E-state index contributed by atoms with van der Waals surface area (Å²) in [7, 11) is 0. The zero-order valence-corrected chi connectivity index (χ0v) is 10.1. The lowest BCUT2D eigenvalue weighted by molar-refractivity contribution is -0.309. The monoisotopic (exact) mass is 296 g/mol. The standard InChI is InChI=1S/C12H9F5O3/c1-7(11(13,14)12(15,16)17)20-10(19)9-5-3-2-4-8(9)6-18/h2-7H,1H3. The van der Waals surface area contributed by atoms with Crippen LogP contribution in [0.25, 0.3) is 0 Å². The molecule has 1 rings (SSSR count). The van der Waals surface area contributed by atoms with Gasteiger partial charge in [0.05, 0.1) is 5.56 Å². The van der Waals surface area contributed by atoms with Gasteiger partial charge < -0.3 is 4.74 Å². The lowest BCUT2D eigenvalue weighted by atomic mass is 10.1. The number of hydrogen-bond donors (Lipinski definition) is 0. The number of hydrogen-bond acceptors (Lipinski definition) is 3. The summed E-state index contributed by atoms with van der Waals surface area (Å²) in [6.45, 7) is 0.426. The Labute approximate surface area is 110 Å². The predicted octanol–water partition coefficient (Wildman–Crippen LogP) is 3.24. The average Bonchev–Trinajstić information content (AvgIpc) is 2.37. The molecule has 20 heavy (non-hydrogen) atoms. The molecule has 1 unspecified atom stereocenters. The van der Waals surface area contributed by atoms with E-state index in [-0.39, 0.29) is 17.4 Å².